The van der Waals surface area contributed by atoms with E-state index in [4.69, 9.17) is 4.84 Å². The van der Waals surface area contributed by atoms with Gasteiger partial charge >= 0.3 is 0 Å². The molecular weight excluding hydrogens is 272 g/mol. The molecule has 0 saturated heterocycles. The first-order valence-corrected chi connectivity index (χ1v) is 5.74. The fraction of sp³-hybridized carbons (Fsp3) is 0.364. The van der Waals surface area contributed by atoms with Gasteiger partial charge in [-0.2, -0.15) is 0 Å². The quantitative estimate of drug-likeness (QED) is 0.871. The van der Waals surface area contributed by atoms with E-state index < -0.39 is 5.60 Å². The molecule has 0 amide bonds. The smallest absolute Gasteiger partial charge is 0.134 e. The number of aromatic nitrogens is 1. The molecule has 2 N–H and O–H groups in total. The van der Waals surface area contributed by atoms with E-state index in [1.807, 2.05) is 18.2 Å². The first kappa shape index (κ1) is 11.6. The lowest BCUT2D eigenvalue weighted by Gasteiger charge is -2.21. The molecule has 0 saturated carbocycles. The van der Waals surface area contributed by atoms with E-state index in [0.717, 1.165) is 15.9 Å². The highest BCUT2D eigenvalue weighted by molar-refractivity contribution is 9.10. The third kappa shape index (κ3) is 2.42. The van der Waals surface area contributed by atoms with Crippen molar-refractivity contribution in [2.24, 2.45) is 0 Å². The fourth-order valence-electron chi connectivity index (χ4n) is 1.37. The molecule has 2 rings (SSSR count). The minimum absolute atomic E-state index is 0.368. The third-order valence-electron chi connectivity index (χ3n) is 2.31. The van der Waals surface area contributed by atoms with Crippen molar-refractivity contribution in [2.75, 3.05) is 0 Å². The Hall–Kier alpha value is -0.910. The molecule has 1 aromatic rings. The Morgan fingerprint density at radius 1 is 1.50 bits per heavy atom. The summed E-state index contributed by atoms with van der Waals surface area (Å²) in [6.45, 7) is 3.40. The maximum Gasteiger partial charge on any atom is 0.134 e. The molecule has 0 radical (unpaired) electrons. The maximum absolute atomic E-state index is 9.79. The number of hydrogen-bond acceptors (Lipinski definition) is 4. The summed E-state index contributed by atoms with van der Waals surface area (Å²) < 4.78 is 0.926. The Balaban J connectivity index is 2.21. The fourth-order valence-corrected chi connectivity index (χ4v) is 1.60. The van der Waals surface area contributed by atoms with Crippen molar-refractivity contribution >= 4 is 21.6 Å². The van der Waals surface area contributed by atoms with E-state index >= 15 is 0 Å². The standard InChI is InChI=1S/C11H13BrN2O2/c1-11(2,15)10-5-9(14-16-10)8-4-3-7(12)6-13-8/h3-6,10,14-15H,1-2H3. The van der Waals surface area contributed by atoms with Crippen molar-refractivity contribution in [3.63, 3.8) is 0 Å². The van der Waals surface area contributed by atoms with E-state index in [2.05, 4.69) is 26.4 Å². The molecule has 2 heterocycles. The number of nitrogens with zero attached hydrogens (tertiary/aromatic N) is 1. The molecule has 0 aromatic carbocycles. The summed E-state index contributed by atoms with van der Waals surface area (Å²) in [5, 5.41) is 9.79. The molecular formula is C11H13BrN2O2. The van der Waals surface area contributed by atoms with E-state index in [9.17, 15) is 5.11 Å². The molecule has 16 heavy (non-hydrogen) atoms. The molecule has 5 heteroatoms. The predicted octanol–water partition coefficient (Wildman–Crippen LogP) is 1.86. The zero-order valence-corrected chi connectivity index (χ0v) is 10.7. The molecule has 4 nitrogen and oxygen atoms in total. The van der Waals surface area contributed by atoms with Gasteiger partial charge in [0.1, 0.15) is 6.10 Å². The summed E-state index contributed by atoms with van der Waals surface area (Å²) >= 11 is 3.32. The van der Waals surface area contributed by atoms with Crippen LogP contribution in [0.5, 0.6) is 0 Å². The number of pyridine rings is 1. The van der Waals surface area contributed by atoms with Crippen LogP contribution in [-0.2, 0) is 4.84 Å². The van der Waals surface area contributed by atoms with Gasteiger partial charge in [0, 0.05) is 10.7 Å². The van der Waals surface area contributed by atoms with Gasteiger partial charge in [0.25, 0.3) is 0 Å². The molecule has 0 aliphatic carbocycles. The average Bonchev–Trinajstić information content (AvgIpc) is 2.67. The molecule has 0 bridgehead atoms. The number of nitrogens with one attached hydrogen (secondary N) is 1. The highest BCUT2D eigenvalue weighted by Crippen LogP contribution is 2.23. The molecule has 1 aromatic heterocycles. The second-order valence-corrected chi connectivity index (χ2v) is 5.15. The van der Waals surface area contributed by atoms with E-state index in [1.54, 1.807) is 20.0 Å². The normalized spacial score (nSPS) is 20.5. The van der Waals surface area contributed by atoms with Gasteiger partial charge in [-0.15, -0.1) is 0 Å². The topological polar surface area (TPSA) is 54.4 Å². The number of hydrogen-bond donors (Lipinski definition) is 2. The molecule has 0 spiro atoms. The minimum Gasteiger partial charge on any atom is -0.387 e. The second kappa shape index (κ2) is 4.16. The Kier molecular flexibility index (Phi) is 3.01. The average molecular weight is 285 g/mol. The minimum atomic E-state index is -0.913. The predicted molar refractivity (Wildman–Crippen MR) is 64.2 cm³/mol. The van der Waals surface area contributed by atoms with E-state index in [1.165, 1.54) is 0 Å². The zero-order valence-electron chi connectivity index (χ0n) is 9.07. The van der Waals surface area contributed by atoms with Crippen LogP contribution >= 0.6 is 15.9 Å². The van der Waals surface area contributed by atoms with Gasteiger partial charge in [-0.05, 0) is 48.0 Å². The SMILES string of the molecule is CC(C)(O)C1C=C(c2ccc(Br)cn2)NO1. The Morgan fingerprint density at radius 2 is 2.25 bits per heavy atom. The van der Waals surface area contributed by atoms with Gasteiger partial charge in [0.2, 0.25) is 0 Å². The van der Waals surface area contributed by atoms with Gasteiger partial charge < -0.3 is 5.11 Å². The Labute approximate surface area is 102 Å². The largest absolute Gasteiger partial charge is 0.387 e. The summed E-state index contributed by atoms with van der Waals surface area (Å²) in [6, 6.07) is 3.78. The molecule has 0 fully saturated rings. The number of rotatable bonds is 2. The zero-order chi connectivity index (χ0) is 11.8. The summed E-state index contributed by atoms with van der Waals surface area (Å²) in [7, 11) is 0. The molecule has 1 aliphatic heterocycles. The van der Waals surface area contributed by atoms with Crippen LogP contribution in [0.1, 0.15) is 19.5 Å². The first-order valence-electron chi connectivity index (χ1n) is 4.94. The van der Waals surface area contributed by atoms with Gasteiger partial charge in [-0.1, -0.05) is 0 Å². The van der Waals surface area contributed by atoms with Crippen LogP contribution < -0.4 is 5.48 Å². The van der Waals surface area contributed by atoms with Crippen molar-refractivity contribution in [1.82, 2.24) is 10.5 Å². The van der Waals surface area contributed by atoms with Crippen LogP contribution in [0.4, 0.5) is 0 Å². The van der Waals surface area contributed by atoms with Crippen LogP contribution in [-0.4, -0.2) is 21.8 Å². The number of aliphatic hydroxyl groups is 1. The summed E-state index contributed by atoms with van der Waals surface area (Å²) in [4.78, 5) is 9.51. The summed E-state index contributed by atoms with van der Waals surface area (Å²) in [5.74, 6) is 0. The van der Waals surface area contributed by atoms with Crippen molar-refractivity contribution in [3.05, 3.63) is 34.6 Å². The van der Waals surface area contributed by atoms with Crippen LogP contribution in [0.2, 0.25) is 0 Å². The van der Waals surface area contributed by atoms with Crippen molar-refractivity contribution in [1.29, 1.82) is 0 Å². The van der Waals surface area contributed by atoms with E-state index in [0.29, 0.717) is 0 Å². The lowest BCUT2D eigenvalue weighted by molar-refractivity contribution is -0.0766. The lowest BCUT2D eigenvalue weighted by atomic mass is 10.0. The number of hydroxylamine groups is 1. The highest BCUT2D eigenvalue weighted by atomic mass is 79.9. The molecule has 86 valence electrons. The van der Waals surface area contributed by atoms with Crippen LogP contribution in [0.25, 0.3) is 5.70 Å². The maximum atomic E-state index is 9.79. The Bertz CT molecular complexity index is 409. The lowest BCUT2D eigenvalue weighted by Crippen LogP contribution is -2.36. The third-order valence-corrected chi connectivity index (χ3v) is 2.78. The van der Waals surface area contributed by atoms with Crippen molar-refractivity contribution < 1.29 is 9.94 Å². The second-order valence-electron chi connectivity index (χ2n) is 4.24. The Morgan fingerprint density at radius 3 is 2.75 bits per heavy atom. The van der Waals surface area contributed by atoms with Gasteiger partial charge in [-0.3, -0.25) is 15.3 Å². The van der Waals surface area contributed by atoms with Crippen LogP contribution in [0.15, 0.2) is 28.9 Å². The van der Waals surface area contributed by atoms with Crippen molar-refractivity contribution in [3.8, 4) is 0 Å². The molecule has 1 unspecified atom stereocenters. The summed E-state index contributed by atoms with van der Waals surface area (Å²) in [5.41, 5.74) is 3.42. The van der Waals surface area contributed by atoms with Crippen LogP contribution in [0, 0.1) is 0 Å². The van der Waals surface area contributed by atoms with Gasteiger partial charge in [0.15, 0.2) is 0 Å². The van der Waals surface area contributed by atoms with Crippen LogP contribution in [0.3, 0.4) is 0 Å². The highest BCUT2D eigenvalue weighted by Gasteiger charge is 2.31. The van der Waals surface area contributed by atoms with Gasteiger partial charge in [0.05, 0.1) is 17.0 Å². The molecule has 1 aliphatic rings. The number of halogens is 1. The van der Waals surface area contributed by atoms with E-state index in [-0.39, 0.29) is 6.10 Å². The summed E-state index contributed by atoms with van der Waals surface area (Å²) in [6.07, 6.45) is 3.18. The first-order chi connectivity index (χ1) is 7.47. The monoisotopic (exact) mass is 284 g/mol. The molecule has 1 atom stereocenters. The van der Waals surface area contributed by atoms with Gasteiger partial charge in [-0.25, -0.2) is 0 Å². The van der Waals surface area contributed by atoms with Crippen molar-refractivity contribution in [2.45, 2.75) is 25.6 Å².